The number of aromatic nitrogens is 4. The van der Waals surface area contributed by atoms with E-state index in [1.807, 2.05) is 18.2 Å². The first-order chi connectivity index (χ1) is 13.8. The molecular formula is C21H13N5O2. The summed E-state index contributed by atoms with van der Waals surface area (Å²) in [7, 11) is 0. The summed E-state index contributed by atoms with van der Waals surface area (Å²) in [6.45, 7) is 0. The predicted octanol–water partition coefficient (Wildman–Crippen LogP) is 4.09. The molecule has 3 heterocycles. The quantitative estimate of drug-likeness (QED) is 0.516. The minimum Gasteiger partial charge on any atom is -0.434 e. The van der Waals surface area contributed by atoms with E-state index in [0.29, 0.717) is 39.5 Å². The van der Waals surface area contributed by atoms with Gasteiger partial charge in [-0.25, -0.2) is 4.98 Å². The molecule has 134 valence electrons. The van der Waals surface area contributed by atoms with Gasteiger partial charge in [-0.2, -0.15) is 4.98 Å². The van der Waals surface area contributed by atoms with Crippen LogP contribution in [0.2, 0.25) is 0 Å². The third-order valence-electron chi connectivity index (χ3n) is 4.30. The lowest BCUT2D eigenvalue weighted by molar-refractivity contribution is 0.102. The lowest BCUT2D eigenvalue weighted by Crippen LogP contribution is -2.12. The number of nitrogens with one attached hydrogen (secondary N) is 1. The molecule has 0 spiro atoms. The van der Waals surface area contributed by atoms with Crippen LogP contribution in [0, 0.1) is 0 Å². The SMILES string of the molecule is O=C(Nc1ccccc1-c1nc2ncccc2o1)c1ccc2nccnc2c1. The first-order valence-corrected chi connectivity index (χ1v) is 8.61. The molecule has 0 aliphatic heterocycles. The molecule has 2 aromatic carbocycles. The number of carbonyl (C=O) groups excluding carboxylic acids is 1. The molecule has 3 aromatic heterocycles. The first-order valence-electron chi connectivity index (χ1n) is 8.61. The van der Waals surface area contributed by atoms with Gasteiger partial charge in [0.2, 0.25) is 5.89 Å². The average Bonchev–Trinajstić information content (AvgIpc) is 3.18. The minimum atomic E-state index is -0.255. The Morgan fingerprint density at radius 3 is 2.61 bits per heavy atom. The number of para-hydroxylation sites is 1. The number of hydrogen-bond donors (Lipinski definition) is 1. The third kappa shape index (κ3) is 2.84. The van der Waals surface area contributed by atoms with Crippen molar-refractivity contribution >= 4 is 33.9 Å². The van der Waals surface area contributed by atoms with Crippen LogP contribution in [-0.4, -0.2) is 25.8 Å². The summed E-state index contributed by atoms with van der Waals surface area (Å²) in [5.41, 5.74) is 4.26. The lowest BCUT2D eigenvalue weighted by atomic mass is 10.1. The highest BCUT2D eigenvalue weighted by atomic mass is 16.3. The van der Waals surface area contributed by atoms with Gasteiger partial charge in [0.05, 0.1) is 22.3 Å². The van der Waals surface area contributed by atoms with Crippen molar-refractivity contribution in [2.24, 2.45) is 0 Å². The molecule has 0 radical (unpaired) electrons. The Balaban J connectivity index is 1.50. The van der Waals surface area contributed by atoms with Gasteiger partial charge >= 0.3 is 0 Å². The molecule has 7 heteroatoms. The van der Waals surface area contributed by atoms with E-state index in [1.165, 1.54) is 0 Å². The number of pyridine rings is 1. The van der Waals surface area contributed by atoms with Gasteiger partial charge in [-0.05, 0) is 42.5 Å². The monoisotopic (exact) mass is 367 g/mol. The summed E-state index contributed by atoms with van der Waals surface area (Å²) in [4.78, 5) is 29.9. The Bertz CT molecular complexity index is 1300. The molecule has 0 atom stereocenters. The van der Waals surface area contributed by atoms with Crippen LogP contribution < -0.4 is 5.32 Å². The average molecular weight is 367 g/mol. The molecular weight excluding hydrogens is 354 g/mol. The molecule has 0 bridgehead atoms. The van der Waals surface area contributed by atoms with Crippen molar-refractivity contribution in [1.29, 1.82) is 0 Å². The fraction of sp³-hybridized carbons (Fsp3) is 0. The van der Waals surface area contributed by atoms with E-state index in [-0.39, 0.29) is 5.91 Å². The van der Waals surface area contributed by atoms with Gasteiger partial charge in [-0.15, -0.1) is 0 Å². The highest BCUT2D eigenvalue weighted by molar-refractivity contribution is 6.07. The van der Waals surface area contributed by atoms with Crippen LogP contribution >= 0.6 is 0 Å². The molecule has 0 saturated heterocycles. The standard InChI is InChI=1S/C21H13N5O2/c27-20(13-7-8-16-17(12-13)23-11-10-22-16)25-15-5-2-1-4-14(15)21-26-19-18(28-21)6-3-9-24-19/h1-12H,(H,25,27). The number of amides is 1. The fourth-order valence-corrected chi connectivity index (χ4v) is 2.96. The minimum absolute atomic E-state index is 0.255. The molecule has 0 saturated carbocycles. The van der Waals surface area contributed by atoms with Crippen LogP contribution in [0.4, 0.5) is 5.69 Å². The Kier molecular flexibility index (Phi) is 3.76. The molecule has 1 N–H and O–H groups in total. The lowest BCUT2D eigenvalue weighted by Gasteiger charge is -2.09. The zero-order valence-electron chi connectivity index (χ0n) is 14.5. The number of benzene rings is 2. The van der Waals surface area contributed by atoms with E-state index >= 15 is 0 Å². The van der Waals surface area contributed by atoms with Crippen molar-refractivity contribution in [2.45, 2.75) is 0 Å². The fourth-order valence-electron chi connectivity index (χ4n) is 2.96. The second-order valence-corrected chi connectivity index (χ2v) is 6.10. The van der Waals surface area contributed by atoms with E-state index in [4.69, 9.17) is 4.42 Å². The second kappa shape index (κ2) is 6.55. The van der Waals surface area contributed by atoms with Crippen molar-refractivity contribution in [1.82, 2.24) is 19.9 Å². The summed E-state index contributed by atoms with van der Waals surface area (Å²) >= 11 is 0. The van der Waals surface area contributed by atoms with Crippen LogP contribution in [0.25, 0.3) is 33.7 Å². The predicted molar refractivity (Wildman–Crippen MR) is 105 cm³/mol. The number of oxazole rings is 1. The Labute approximate surface area is 159 Å². The van der Waals surface area contributed by atoms with E-state index in [0.717, 1.165) is 5.52 Å². The number of anilines is 1. The number of hydrogen-bond acceptors (Lipinski definition) is 6. The van der Waals surface area contributed by atoms with Crippen LogP contribution in [0.5, 0.6) is 0 Å². The molecule has 0 unspecified atom stereocenters. The van der Waals surface area contributed by atoms with Gasteiger partial charge in [-0.3, -0.25) is 14.8 Å². The Hall–Kier alpha value is -4.13. The van der Waals surface area contributed by atoms with Gasteiger partial charge < -0.3 is 9.73 Å². The first kappa shape index (κ1) is 16.1. The van der Waals surface area contributed by atoms with Crippen molar-refractivity contribution < 1.29 is 9.21 Å². The normalized spacial score (nSPS) is 11.0. The molecule has 1 amide bonds. The molecule has 5 aromatic rings. The van der Waals surface area contributed by atoms with Gasteiger partial charge in [0, 0.05) is 24.2 Å². The topological polar surface area (TPSA) is 93.8 Å². The number of fused-ring (bicyclic) bond motifs is 2. The van der Waals surface area contributed by atoms with Gasteiger partial charge in [-0.1, -0.05) is 12.1 Å². The van der Waals surface area contributed by atoms with E-state index < -0.39 is 0 Å². The second-order valence-electron chi connectivity index (χ2n) is 6.10. The smallest absolute Gasteiger partial charge is 0.255 e. The molecule has 28 heavy (non-hydrogen) atoms. The zero-order chi connectivity index (χ0) is 18.9. The molecule has 7 nitrogen and oxygen atoms in total. The van der Waals surface area contributed by atoms with Crippen LogP contribution in [0.1, 0.15) is 10.4 Å². The molecule has 0 aliphatic carbocycles. The maximum absolute atomic E-state index is 12.8. The van der Waals surface area contributed by atoms with E-state index in [9.17, 15) is 4.79 Å². The number of nitrogens with zero attached hydrogens (tertiary/aromatic N) is 4. The molecule has 0 aliphatic rings. The summed E-state index contributed by atoms with van der Waals surface area (Å²) in [6.07, 6.45) is 4.87. The highest BCUT2D eigenvalue weighted by Gasteiger charge is 2.15. The maximum atomic E-state index is 12.8. The number of carbonyl (C=O) groups is 1. The van der Waals surface area contributed by atoms with Crippen molar-refractivity contribution in [2.75, 3.05) is 5.32 Å². The summed E-state index contributed by atoms with van der Waals surface area (Å²) in [5, 5.41) is 2.93. The zero-order valence-corrected chi connectivity index (χ0v) is 14.5. The summed E-state index contributed by atoms with van der Waals surface area (Å²) in [6, 6.07) is 16.1. The number of rotatable bonds is 3. The third-order valence-corrected chi connectivity index (χ3v) is 4.30. The van der Waals surface area contributed by atoms with E-state index in [1.54, 1.807) is 55.0 Å². The van der Waals surface area contributed by atoms with Crippen molar-refractivity contribution in [3.05, 3.63) is 78.8 Å². The molecule has 0 fully saturated rings. The summed E-state index contributed by atoms with van der Waals surface area (Å²) in [5.74, 6) is 0.142. The van der Waals surface area contributed by atoms with Gasteiger partial charge in [0.1, 0.15) is 0 Å². The Morgan fingerprint density at radius 1 is 0.857 bits per heavy atom. The molecule has 5 rings (SSSR count). The van der Waals surface area contributed by atoms with Gasteiger partial charge in [0.25, 0.3) is 5.91 Å². The highest BCUT2D eigenvalue weighted by Crippen LogP contribution is 2.29. The largest absolute Gasteiger partial charge is 0.434 e. The van der Waals surface area contributed by atoms with Gasteiger partial charge in [0.15, 0.2) is 11.2 Å². The van der Waals surface area contributed by atoms with Crippen LogP contribution in [0.15, 0.2) is 77.6 Å². The van der Waals surface area contributed by atoms with Crippen LogP contribution in [-0.2, 0) is 0 Å². The van der Waals surface area contributed by atoms with E-state index in [2.05, 4.69) is 25.3 Å². The summed E-state index contributed by atoms with van der Waals surface area (Å²) < 4.78 is 5.80. The van der Waals surface area contributed by atoms with Crippen molar-refractivity contribution in [3.8, 4) is 11.5 Å². The Morgan fingerprint density at radius 2 is 1.71 bits per heavy atom. The van der Waals surface area contributed by atoms with Crippen molar-refractivity contribution in [3.63, 3.8) is 0 Å². The maximum Gasteiger partial charge on any atom is 0.255 e. The van der Waals surface area contributed by atoms with Crippen LogP contribution in [0.3, 0.4) is 0 Å².